The van der Waals surface area contributed by atoms with Crippen molar-refractivity contribution in [3.05, 3.63) is 69.8 Å². The molecule has 1 amide bonds. The van der Waals surface area contributed by atoms with E-state index in [1.165, 1.54) is 18.3 Å². The van der Waals surface area contributed by atoms with Crippen LogP contribution in [0, 0.1) is 17.0 Å². The van der Waals surface area contributed by atoms with E-state index in [9.17, 15) is 14.9 Å². The first-order chi connectivity index (χ1) is 11.5. The number of carbonyl (C=O) groups is 1. The first-order valence-corrected chi connectivity index (χ1v) is 7.36. The van der Waals surface area contributed by atoms with E-state index in [0.717, 1.165) is 11.3 Å². The van der Waals surface area contributed by atoms with Crippen LogP contribution < -0.4 is 10.7 Å². The number of aryl methyl sites for hydroxylation is 1. The van der Waals surface area contributed by atoms with Crippen LogP contribution in [0.4, 0.5) is 11.4 Å². The average molecular weight is 326 g/mol. The van der Waals surface area contributed by atoms with Crippen LogP contribution in [0.3, 0.4) is 0 Å². The molecular formula is C17H18N4O3. The highest BCUT2D eigenvalue weighted by atomic mass is 16.6. The van der Waals surface area contributed by atoms with E-state index in [-0.39, 0.29) is 11.6 Å². The first kappa shape index (κ1) is 17.1. The van der Waals surface area contributed by atoms with Gasteiger partial charge in [-0.25, -0.2) is 5.43 Å². The Morgan fingerprint density at radius 3 is 2.38 bits per heavy atom. The monoisotopic (exact) mass is 326 g/mol. The van der Waals surface area contributed by atoms with Crippen molar-refractivity contribution in [1.29, 1.82) is 0 Å². The second kappa shape index (κ2) is 7.87. The molecule has 7 nitrogen and oxygen atoms in total. The maximum Gasteiger partial charge on any atom is 0.269 e. The molecule has 2 rings (SSSR count). The lowest BCUT2D eigenvalue weighted by molar-refractivity contribution is -0.384. The summed E-state index contributed by atoms with van der Waals surface area (Å²) < 4.78 is 0. The summed E-state index contributed by atoms with van der Waals surface area (Å²) in [6.45, 7) is 3.73. The lowest BCUT2D eigenvalue weighted by Gasteiger charge is -2.13. The molecule has 0 unspecified atom stereocenters. The quantitative estimate of drug-likeness (QED) is 0.484. The lowest BCUT2D eigenvalue weighted by atomic mass is 10.2. The summed E-state index contributed by atoms with van der Waals surface area (Å²) in [6, 6.07) is 13.1. The minimum absolute atomic E-state index is 0.00658. The van der Waals surface area contributed by atoms with Gasteiger partial charge in [-0.1, -0.05) is 17.7 Å². The highest BCUT2D eigenvalue weighted by Crippen LogP contribution is 2.11. The van der Waals surface area contributed by atoms with Crippen LogP contribution in [0.15, 0.2) is 53.6 Å². The molecule has 0 fully saturated rings. The van der Waals surface area contributed by atoms with Gasteiger partial charge < -0.3 is 5.32 Å². The predicted octanol–water partition coefficient (Wildman–Crippen LogP) is 2.85. The van der Waals surface area contributed by atoms with Gasteiger partial charge in [-0.3, -0.25) is 14.9 Å². The Morgan fingerprint density at radius 1 is 1.17 bits per heavy atom. The third-order valence-corrected chi connectivity index (χ3v) is 3.32. The molecule has 0 spiro atoms. The smallest absolute Gasteiger partial charge is 0.269 e. The van der Waals surface area contributed by atoms with Crippen molar-refractivity contribution in [3.63, 3.8) is 0 Å². The van der Waals surface area contributed by atoms with Gasteiger partial charge in [0, 0.05) is 17.8 Å². The van der Waals surface area contributed by atoms with E-state index in [0.29, 0.717) is 5.56 Å². The average Bonchev–Trinajstić information content (AvgIpc) is 2.57. The molecule has 0 aromatic heterocycles. The van der Waals surface area contributed by atoms with Gasteiger partial charge in [0.05, 0.1) is 11.1 Å². The highest BCUT2D eigenvalue weighted by Gasteiger charge is 2.11. The maximum absolute atomic E-state index is 12.0. The molecule has 0 aliphatic carbocycles. The molecule has 1 atom stereocenters. The van der Waals surface area contributed by atoms with Gasteiger partial charge >= 0.3 is 0 Å². The molecule has 0 aliphatic rings. The summed E-state index contributed by atoms with van der Waals surface area (Å²) in [7, 11) is 0. The third kappa shape index (κ3) is 4.91. The number of non-ortho nitro benzene ring substituents is 1. The minimum Gasteiger partial charge on any atom is -0.374 e. The van der Waals surface area contributed by atoms with E-state index in [4.69, 9.17) is 0 Å². The molecule has 0 aliphatic heterocycles. The van der Waals surface area contributed by atoms with Crippen molar-refractivity contribution in [2.45, 2.75) is 19.9 Å². The number of amides is 1. The molecule has 0 bridgehead atoms. The SMILES string of the molecule is Cc1ccc(N[C@H](C)C(=O)N/N=C\c2ccc([N+](=O)[O-])cc2)cc1. The summed E-state index contributed by atoms with van der Waals surface area (Å²) in [4.78, 5) is 22.1. The van der Waals surface area contributed by atoms with Crippen LogP contribution in [0.5, 0.6) is 0 Å². The second-order valence-electron chi connectivity index (χ2n) is 5.31. The summed E-state index contributed by atoms with van der Waals surface area (Å²) in [6.07, 6.45) is 1.43. The van der Waals surface area contributed by atoms with Crippen LogP contribution in [0.2, 0.25) is 0 Å². The number of hydrogen-bond donors (Lipinski definition) is 2. The molecule has 0 saturated carbocycles. The van der Waals surface area contributed by atoms with Gasteiger partial charge in [0.2, 0.25) is 0 Å². The fraction of sp³-hybridized carbons (Fsp3) is 0.176. The number of hydrogen-bond acceptors (Lipinski definition) is 5. The number of anilines is 1. The van der Waals surface area contributed by atoms with Crippen LogP contribution in [0.1, 0.15) is 18.1 Å². The van der Waals surface area contributed by atoms with Gasteiger partial charge in [0.25, 0.3) is 11.6 Å². The van der Waals surface area contributed by atoms with Gasteiger partial charge in [0.1, 0.15) is 6.04 Å². The number of rotatable bonds is 6. The number of nitrogens with zero attached hydrogens (tertiary/aromatic N) is 2. The molecule has 124 valence electrons. The zero-order valence-corrected chi connectivity index (χ0v) is 13.4. The van der Waals surface area contributed by atoms with Crippen molar-refractivity contribution in [2.24, 2.45) is 5.10 Å². The second-order valence-corrected chi connectivity index (χ2v) is 5.31. The first-order valence-electron chi connectivity index (χ1n) is 7.36. The van der Waals surface area contributed by atoms with E-state index in [2.05, 4.69) is 15.8 Å². The summed E-state index contributed by atoms with van der Waals surface area (Å²) >= 11 is 0. The normalized spacial score (nSPS) is 11.9. The molecular weight excluding hydrogens is 308 g/mol. The van der Waals surface area contributed by atoms with E-state index >= 15 is 0 Å². The predicted molar refractivity (Wildman–Crippen MR) is 93.1 cm³/mol. The number of nitrogens with one attached hydrogen (secondary N) is 2. The molecule has 7 heteroatoms. The molecule has 0 heterocycles. The lowest BCUT2D eigenvalue weighted by Crippen LogP contribution is -2.34. The Kier molecular flexibility index (Phi) is 5.62. The van der Waals surface area contributed by atoms with Crippen molar-refractivity contribution in [2.75, 3.05) is 5.32 Å². The van der Waals surface area contributed by atoms with Crippen molar-refractivity contribution >= 4 is 23.5 Å². The zero-order chi connectivity index (χ0) is 17.5. The fourth-order valence-electron chi connectivity index (χ4n) is 1.91. The van der Waals surface area contributed by atoms with Crippen LogP contribution in [0.25, 0.3) is 0 Å². The molecule has 2 aromatic carbocycles. The van der Waals surface area contributed by atoms with Crippen LogP contribution in [-0.2, 0) is 4.79 Å². The van der Waals surface area contributed by atoms with Crippen molar-refractivity contribution in [3.8, 4) is 0 Å². The van der Waals surface area contributed by atoms with Gasteiger partial charge in [0.15, 0.2) is 0 Å². The third-order valence-electron chi connectivity index (χ3n) is 3.32. The maximum atomic E-state index is 12.0. The Morgan fingerprint density at radius 2 is 1.79 bits per heavy atom. The largest absolute Gasteiger partial charge is 0.374 e. The number of nitro groups is 1. The Labute approximate surface area is 139 Å². The molecule has 0 saturated heterocycles. The molecule has 0 radical (unpaired) electrons. The minimum atomic E-state index is -0.471. The van der Waals surface area contributed by atoms with Gasteiger partial charge in [-0.05, 0) is 43.7 Å². The summed E-state index contributed by atoms with van der Waals surface area (Å²) in [5.74, 6) is -0.284. The highest BCUT2D eigenvalue weighted by molar-refractivity contribution is 5.86. The standard InChI is InChI=1S/C17H18N4O3/c1-12-3-7-15(8-4-12)19-13(2)17(22)20-18-11-14-5-9-16(10-6-14)21(23)24/h3-11,13,19H,1-2H3,(H,20,22)/b18-11-/t13-/m1/s1. The number of carbonyl (C=O) groups excluding carboxylic acids is 1. The summed E-state index contributed by atoms with van der Waals surface area (Å²) in [5.41, 5.74) is 5.09. The molecule has 2 N–H and O–H groups in total. The zero-order valence-electron chi connectivity index (χ0n) is 13.4. The van der Waals surface area contributed by atoms with E-state index in [1.54, 1.807) is 19.1 Å². The molecule has 24 heavy (non-hydrogen) atoms. The fourth-order valence-corrected chi connectivity index (χ4v) is 1.91. The topological polar surface area (TPSA) is 96.6 Å². The van der Waals surface area contributed by atoms with Crippen LogP contribution >= 0.6 is 0 Å². The van der Waals surface area contributed by atoms with Gasteiger partial charge in [-0.15, -0.1) is 0 Å². The molecule has 2 aromatic rings. The number of hydrazone groups is 1. The van der Waals surface area contributed by atoms with Crippen molar-refractivity contribution in [1.82, 2.24) is 5.43 Å². The Balaban J connectivity index is 1.87. The summed E-state index contributed by atoms with van der Waals surface area (Å²) in [5, 5.41) is 17.5. The van der Waals surface area contributed by atoms with E-state index in [1.807, 2.05) is 31.2 Å². The van der Waals surface area contributed by atoms with Crippen molar-refractivity contribution < 1.29 is 9.72 Å². The van der Waals surface area contributed by atoms with E-state index < -0.39 is 11.0 Å². The van der Waals surface area contributed by atoms with Gasteiger partial charge in [-0.2, -0.15) is 5.10 Å². The van der Waals surface area contributed by atoms with Crippen LogP contribution in [-0.4, -0.2) is 23.1 Å². The Bertz CT molecular complexity index is 739. The number of benzene rings is 2. The number of nitro benzene ring substituents is 1. The Hall–Kier alpha value is -3.22.